The van der Waals surface area contributed by atoms with Crippen LogP contribution >= 0.6 is 11.6 Å². The zero-order valence-electron chi connectivity index (χ0n) is 19.2. The number of aromatic nitrogens is 3. The Kier molecular flexibility index (Phi) is 5.51. The summed E-state index contributed by atoms with van der Waals surface area (Å²) in [6.07, 6.45) is 3.73. The van der Waals surface area contributed by atoms with E-state index in [0.717, 1.165) is 65.6 Å². The molecule has 4 heterocycles. The second-order valence-electron chi connectivity index (χ2n) is 9.11. The van der Waals surface area contributed by atoms with Gasteiger partial charge in [-0.2, -0.15) is 5.10 Å². The number of benzene rings is 1. The Balaban J connectivity index is 1.35. The molecular weight excluding hydrogens is 434 g/mol. The highest BCUT2D eigenvalue weighted by atomic mass is 35.5. The molecule has 170 valence electrons. The van der Waals surface area contributed by atoms with Gasteiger partial charge in [-0.05, 0) is 57.2 Å². The summed E-state index contributed by atoms with van der Waals surface area (Å²) in [6.45, 7) is 9.17. The van der Waals surface area contributed by atoms with Crippen molar-refractivity contribution in [2.45, 2.75) is 26.4 Å². The van der Waals surface area contributed by atoms with E-state index in [0.29, 0.717) is 5.02 Å². The van der Waals surface area contributed by atoms with Crippen molar-refractivity contribution in [2.24, 2.45) is 0 Å². The molecule has 1 N–H and O–H groups in total. The highest BCUT2D eigenvalue weighted by Gasteiger charge is 2.22. The predicted molar refractivity (Wildman–Crippen MR) is 134 cm³/mol. The quantitative estimate of drug-likeness (QED) is 0.468. The maximum Gasteiger partial charge on any atom is 0.128 e. The van der Waals surface area contributed by atoms with E-state index in [1.54, 1.807) is 20.0 Å². The van der Waals surface area contributed by atoms with E-state index in [-0.39, 0.29) is 0 Å². The molecule has 0 amide bonds. The molecule has 33 heavy (non-hydrogen) atoms. The van der Waals surface area contributed by atoms with Crippen LogP contribution in [0.15, 0.2) is 60.9 Å². The van der Waals surface area contributed by atoms with Gasteiger partial charge in [0.1, 0.15) is 5.82 Å². The van der Waals surface area contributed by atoms with Crippen molar-refractivity contribution in [3.8, 4) is 11.3 Å². The molecule has 4 aromatic rings. The molecule has 1 aliphatic rings. The zero-order valence-corrected chi connectivity index (χ0v) is 19.9. The number of nitrogens with zero attached hydrogens (tertiary/aromatic N) is 5. The third-order valence-electron chi connectivity index (χ3n) is 6.41. The van der Waals surface area contributed by atoms with Crippen LogP contribution in [0.25, 0.3) is 16.8 Å². The van der Waals surface area contributed by atoms with E-state index in [1.807, 2.05) is 41.0 Å². The number of hydrogen-bond acceptors (Lipinski definition) is 5. The van der Waals surface area contributed by atoms with Crippen LogP contribution in [-0.4, -0.2) is 45.9 Å². The van der Waals surface area contributed by atoms with Gasteiger partial charge in [0.25, 0.3) is 0 Å². The lowest BCUT2D eigenvalue weighted by molar-refractivity contribution is 0.0782. The van der Waals surface area contributed by atoms with Crippen molar-refractivity contribution in [3.63, 3.8) is 0 Å². The van der Waals surface area contributed by atoms with Crippen LogP contribution in [0.1, 0.15) is 25.0 Å². The number of rotatable bonds is 4. The first-order valence-corrected chi connectivity index (χ1v) is 11.6. The number of fused-ring (bicyclic) bond motifs is 1. The number of aliphatic hydroxyl groups is 1. The van der Waals surface area contributed by atoms with Crippen LogP contribution in [0.4, 0.5) is 11.5 Å². The Morgan fingerprint density at radius 1 is 0.970 bits per heavy atom. The van der Waals surface area contributed by atoms with Crippen molar-refractivity contribution in [2.75, 3.05) is 36.0 Å². The van der Waals surface area contributed by atoms with Crippen LogP contribution in [0.5, 0.6) is 0 Å². The number of anilines is 2. The second kappa shape index (κ2) is 8.36. The van der Waals surface area contributed by atoms with Crippen molar-refractivity contribution in [1.29, 1.82) is 0 Å². The number of pyridine rings is 2. The maximum absolute atomic E-state index is 10.2. The van der Waals surface area contributed by atoms with Gasteiger partial charge in [0.2, 0.25) is 0 Å². The highest BCUT2D eigenvalue weighted by molar-refractivity contribution is 6.33. The summed E-state index contributed by atoms with van der Waals surface area (Å²) in [5.41, 5.74) is 5.18. The summed E-state index contributed by atoms with van der Waals surface area (Å²) in [7, 11) is 0. The topological polar surface area (TPSA) is 56.9 Å². The van der Waals surface area contributed by atoms with Gasteiger partial charge >= 0.3 is 0 Å². The van der Waals surface area contributed by atoms with Crippen LogP contribution < -0.4 is 9.80 Å². The minimum atomic E-state index is -0.879. The Bertz CT molecular complexity index is 1280. The zero-order chi connectivity index (χ0) is 23.2. The summed E-state index contributed by atoms with van der Waals surface area (Å²) >= 11 is 6.62. The fourth-order valence-corrected chi connectivity index (χ4v) is 4.61. The van der Waals surface area contributed by atoms with E-state index in [9.17, 15) is 5.11 Å². The van der Waals surface area contributed by atoms with E-state index >= 15 is 0 Å². The van der Waals surface area contributed by atoms with Crippen molar-refractivity contribution >= 4 is 28.6 Å². The minimum Gasteiger partial charge on any atom is -0.386 e. The van der Waals surface area contributed by atoms with Crippen molar-refractivity contribution in [1.82, 2.24) is 14.6 Å². The van der Waals surface area contributed by atoms with Gasteiger partial charge < -0.3 is 14.9 Å². The van der Waals surface area contributed by atoms with E-state index in [1.165, 1.54) is 0 Å². The standard InChI is InChI=1S/C26H28ClN5O/c1-18-23-6-4-5-11-32(23)29-25(18)21-16-20(8-9-22(21)27)30-12-14-31(15-13-30)24-10-7-19(17-28-24)26(2,3)33/h4-11,16-17,33H,12-15H2,1-3H3. The molecule has 1 aromatic carbocycles. The lowest BCUT2D eigenvalue weighted by Crippen LogP contribution is -2.46. The predicted octanol–water partition coefficient (Wildman–Crippen LogP) is 4.91. The molecule has 0 bridgehead atoms. The second-order valence-corrected chi connectivity index (χ2v) is 9.51. The monoisotopic (exact) mass is 461 g/mol. The molecule has 0 atom stereocenters. The molecule has 6 nitrogen and oxygen atoms in total. The van der Waals surface area contributed by atoms with E-state index < -0.39 is 5.60 Å². The third kappa shape index (κ3) is 4.16. The summed E-state index contributed by atoms with van der Waals surface area (Å²) in [6, 6.07) is 16.2. The third-order valence-corrected chi connectivity index (χ3v) is 6.74. The molecule has 0 saturated carbocycles. The number of aryl methyl sites for hydroxylation is 1. The molecule has 1 aliphatic heterocycles. The van der Waals surface area contributed by atoms with Crippen LogP contribution in [0.2, 0.25) is 5.02 Å². The van der Waals surface area contributed by atoms with Crippen molar-refractivity contribution in [3.05, 3.63) is 77.1 Å². The van der Waals surface area contributed by atoms with Crippen molar-refractivity contribution < 1.29 is 5.11 Å². The summed E-state index contributed by atoms with van der Waals surface area (Å²) in [5, 5.41) is 15.7. The van der Waals surface area contributed by atoms with E-state index in [2.05, 4.69) is 39.9 Å². The molecule has 0 radical (unpaired) electrons. The Morgan fingerprint density at radius 2 is 1.73 bits per heavy atom. The number of hydrogen-bond donors (Lipinski definition) is 1. The summed E-state index contributed by atoms with van der Waals surface area (Å²) in [4.78, 5) is 9.25. The Labute approximate surface area is 199 Å². The van der Waals surface area contributed by atoms with E-state index in [4.69, 9.17) is 16.7 Å². The molecule has 7 heteroatoms. The van der Waals surface area contributed by atoms with Gasteiger partial charge in [0.05, 0.1) is 21.8 Å². The first kappa shape index (κ1) is 21.7. The first-order valence-electron chi connectivity index (χ1n) is 11.2. The Hall–Kier alpha value is -3.09. The number of halogens is 1. The lowest BCUT2D eigenvalue weighted by atomic mass is 10.0. The van der Waals surface area contributed by atoms with Gasteiger partial charge in [-0.15, -0.1) is 0 Å². The molecule has 1 fully saturated rings. The molecule has 3 aromatic heterocycles. The van der Waals surface area contributed by atoms with Crippen LogP contribution in [-0.2, 0) is 5.60 Å². The largest absolute Gasteiger partial charge is 0.386 e. The van der Waals surface area contributed by atoms with Gasteiger partial charge in [0, 0.05) is 61.0 Å². The molecular formula is C26H28ClN5O. The van der Waals surface area contributed by atoms with Gasteiger partial charge in [-0.25, -0.2) is 9.50 Å². The fourth-order valence-electron chi connectivity index (χ4n) is 4.40. The fraction of sp³-hybridized carbons (Fsp3) is 0.308. The summed E-state index contributed by atoms with van der Waals surface area (Å²) < 4.78 is 1.91. The van der Waals surface area contributed by atoms with Crippen LogP contribution in [0, 0.1) is 6.92 Å². The smallest absolute Gasteiger partial charge is 0.128 e. The van der Waals surface area contributed by atoms with Gasteiger partial charge in [-0.3, -0.25) is 0 Å². The normalized spacial score (nSPS) is 14.8. The molecule has 5 rings (SSSR count). The minimum absolute atomic E-state index is 0.708. The molecule has 0 spiro atoms. The highest BCUT2D eigenvalue weighted by Crippen LogP contribution is 2.34. The van der Waals surface area contributed by atoms with Gasteiger partial charge in [-0.1, -0.05) is 23.7 Å². The maximum atomic E-state index is 10.2. The average molecular weight is 462 g/mol. The molecule has 0 aliphatic carbocycles. The van der Waals surface area contributed by atoms with Crippen LogP contribution in [0.3, 0.4) is 0 Å². The average Bonchev–Trinajstić information content (AvgIpc) is 3.15. The van der Waals surface area contributed by atoms with Gasteiger partial charge in [0.15, 0.2) is 0 Å². The SMILES string of the molecule is Cc1c(-c2cc(N3CCN(c4ccc(C(C)(C)O)cn4)CC3)ccc2Cl)nn2ccccc12. The molecule has 0 unspecified atom stereocenters. The lowest BCUT2D eigenvalue weighted by Gasteiger charge is -2.37. The number of piperazine rings is 1. The first-order chi connectivity index (χ1) is 15.8. The summed E-state index contributed by atoms with van der Waals surface area (Å²) in [5.74, 6) is 0.944. The Morgan fingerprint density at radius 3 is 2.39 bits per heavy atom. The molecule has 1 saturated heterocycles.